The van der Waals surface area contributed by atoms with Gasteiger partial charge in [-0.05, 0) is 46.1 Å². The van der Waals surface area contributed by atoms with Gasteiger partial charge in [-0.25, -0.2) is 4.79 Å². The van der Waals surface area contributed by atoms with Crippen LogP contribution in [-0.4, -0.2) is 34.6 Å². The molecule has 0 aliphatic carbocycles. The van der Waals surface area contributed by atoms with E-state index >= 15 is 0 Å². The maximum absolute atomic E-state index is 11.6. The lowest BCUT2D eigenvalue weighted by atomic mass is 9.70. The van der Waals surface area contributed by atoms with Crippen LogP contribution in [0.25, 0.3) is 0 Å². The second-order valence-corrected chi connectivity index (χ2v) is 8.27. The largest absolute Gasteiger partial charge is 0.535 e. The van der Waals surface area contributed by atoms with Crippen molar-refractivity contribution < 1.29 is 19.2 Å². The number of hydrogen-bond acceptors (Lipinski definition) is 6. The second kappa shape index (κ2) is 9.72. The Morgan fingerprint density at radius 1 is 1.21 bits per heavy atom. The van der Waals surface area contributed by atoms with Crippen molar-refractivity contribution in [2.24, 2.45) is 11.1 Å². The minimum atomic E-state index is -0.764. The first kappa shape index (κ1) is 23.4. The summed E-state index contributed by atoms with van der Waals surface area (Å²) in [6, 6.07) is 10.3. The molecule has 6 heteroatoms. The van der Waals surface area contributed by atoms with Crippen LogP contribution in [-0.2, 0) is 14.4 Å². The number of rotatable bonds is 7. The van der Waals surface area contributed by atoms with Crippen molar-refractivity contribution in [2.75, 3.05) is 6.61 Å². The molecule has 2 rings (SSSR count). The Kier molecular flexibility index (Phi) is 7.83. The van der Waals surface area contributed by atoms with Crippen LogP contribution in [0.5, 0.6) is 0 Å². The van der Waals surface area contributed by atoms with Gasteiger partial charge in [-0.2, -0.15) is 5.06 Å². The van der Waals surface area contributed by atoms with E-state index in [2.05, 4.69) is 63.9 Å². The number of carbonyl (C=O) groups is 1. The van der Waals surface area contributed by atoms with Gasteiger partial charge in [-0.15, -0.1) is 0 Å². The van der Waals surface area contributed by atoms with Crippen LogP contribution in [0.4, 0.5) is 4.79 Å². The Balaban J connectivity index is 2.34. The summed E-state index contributed by atoms with van der Waals surface area (Å²) in [4.78, 5) is 23.3. The molecule has 0 spiro atoms. The number of hydroxylamine groups is 2. The standard InChI is InChI=1S/C23H36N2O4/c1-8-22(6)16-20(24-28-21(26)27-10-3)17(4)23(7,9-2)25(22)29-18(5)19-14-12-11-13-15-19/h11-15,17-18H,8-10,16H2,1-7H3/b24-20-. The first-order valence-electron chi connectivity index (χ1n) is 10.6. The topological polar surface area (TPSA) is 60.4 Å². The van der Waals surface area contributed by atoms with Crippen LogP contribution < -0.4 is 0 Å². The van der Waals surface area contributed by atoms with Gasteiger partial charge in [0.2, 0.25) is 0 Å². The molecule has 1 aliphatic heterocycles. The predicted molar refractivity (Wildman–Crippen MR) is 114 cm³/mol. The molecule has 1 aromatic carbocycles. The number of ether oxygens (including phenoxy) is 1. The van der Waals surface area contributed by atoms with E-state index in [0.29, 0.717) is 6.42 Å². The van der Waals surface area contributed by atoms with E-state index in [1.54, 1.807) is 6.92 Å². The molecular formula is C23H36N2O4. The summed E-state index contributed by atoms with van der Waals surface area (Å²) < 4.78 is 4.84. The molecule has 4 unspecified atom stereocenters. The number of nitrogens with zero attached hydrogens (tertiary/aromatic N) is 2. The Hall–Kier alpha value is -1.92. The Bertz CT molecular complexity index is 708. The van der Waals surface area contributed by atoms with Crippen LogP contribution in [0.2, 0.25) is 0 Å². The summed E-state index contributed by atoms with van der Waals surface area (Å²) in [5.74, 6) is 0.0459. The zero-order valence-corrected chi connectivity index (χ0v) is 18.9. The zero-order valence-electron chi connectivity index (χ0n) is 18.9. The average Bonchev–Trinajstić information content (AvgIpc) is 2.73. The number of piperidine rings is 1. The number of carbonyl (C=O) groups excluding carboxylic acids is 1. The fourth-order valence-electron chi connectivity index (χ4n) is 4.03. The first-order valence-corrected chi connectivity index (χ1v) is 10.6. The highest BCUT2D eigenvalue weighted by Crippen LogP contribution is 2.46. The van der Waals surface area contributed by atoms with Crippen molar-refractivity contribution >= 4 is 11.9 Å². The molecule has 0 N–H and O–H groups in total. The summed E-state index contributed by atoms with van der Waals surface area (Å²) >= 11 is 0. The lowest BCUT2D eigenvalue weighted by Crippen LogP contribution is -2.66. The van der Waals surface area contributed by atoms with Gasteiger partial charge in [0.05, 0.1) is 17.9 Å². The third-order valence-electron chi connectivity index (χ3n) is 6.46. The van der Waals surface area contributed by atoms with Crippen LogP contribution in [0.1, 0.15) is 79.4 Å². The van der Waals surface area contributed by atoms with Gasteiger partial charge in [0, 0.05) is 17.9 Å². The van der Waals surface area contributed by atoms with Crippen LogP contribution >= 0.6 is 0 Å². The van der Waals surface area contributed by atoms with Gasteiger partial charge < -0.3 is 4.74 Å². The van der Waals surface area contributed by atoms with Gasteiger partial charge in [0.25, 0.3) is 0 Å². The molecule has 1 aromatic rings. The molecule has 29 heavy (non-hydrogen) atoms. The first-order chi connectivity index (χ1) is 13.7. The van der Waals surface area contributed by atoms with Crippen molar-refractivity contribution in [1.29, 1.82) is 0 Å². The third kappa shape index (κ3) is 4.98. The molecule has 0 amide bonds. The highest BCUT2D eigenvalue weighted by Gasteiger charge is 2.53. The van der Waals surface area contributed by atoms with Crippen LogP contribution in [0.3, 0.4) is 0 Å². The van der Waals surface area contributed by atoms with Crippen molar-refractivity contribution in [3.8, 4) is 0 Å². The summed E-state index contributed by atoms with van der Waals surface area (Å²) in [5.41, 5.74) is 1.42. The molecule has 4 atom stereocenters. The molecule has 1 fully saturated rings. The smallest absolute Gasteiger partial charge is 0.433 e. The monoisotopic (exact) mass is 404 g/mol. The minimum absolute atomic E-state index is 0.0459. The van der Waals surface area contributed by atoms with Crippen molar-refractivity contribution in [3.05, 3.63) is 35.9 Å². The number of benzene rings is 1. The zero-order chi connectivity index (χ0) is 21.7. The minimum Gasteiger partial charge on any atom is -0.433 e. The predicted octanol–water partition coefficient (Wildman–Crippen LogP) is 5.89. The lowest BCUT2D eigenvalue weighted by molar-refractivity contribution is -0.310. The van der Waals surface area contributed by atoms with E-state index in [9.17, 15) is 4.79 Å². The number of hydrogen-bond donors (Lipinski definition) is 0. The van der Waals surface area contributed by atoms with Gasteiger partial charge in [0.15, 0.2) is 0 Å². The Morgan fingerprint density at radius 3 is 2.41 bits per heavy atom. The van der Waals surface area contributed by atoms with E-state index in [-0.39, 0.29) is 29.7 Å². The normalized spacial score (nSPS) is 30.2. The highest BCUT2D eigenvalue weighted by atomic mass is 16.8. The fraction of sp³-hybridized carbons (Fsp3) is 0.652. The van der Waals surface area contributed by atoms with Gasteiger partial charge in [-0.1, -0.05) is 56.3 Å². The van der Waals surface area contributed by atoms with Crippen molar-refractivity contribution in [2.45, 2.75) is 84.9 Å². The maximum atomic E-state index is 11.6. The van der Waals surface area contributed by atoms with E-state index in [1.807, 2.05) is 18.2 Å². The van der Waals surface area contributed by atoms with E-state index in [1.165, 1.54) is 0 Å². The molecule has 1 saturated heterocycles. The SMILES string of the molecule is CCOC(=O)O/N=C1/CC(C)(CC)N(OC(C)c2ccccc2)C(C)(CC)C1C. The fourth-order valence-corrected chi connectivity index (χ4v) is 4.03. The molecule has 6 nitrogen and oxygen atoms in total. The molecule has 0 saturated carbocycles. The lowest BCUT2D eigenvalue weighted by Gasteiger charge is -2.57. The molecular weight excluding hydrogens is 368 g/mol. The van der Waals surface area contributed by atoms with Crippen molar-refractivity contribution in [1.82, 2.24) is 5.06 Å². The quantitative estimate of drug-likeness (QED) is 0.322. The summed E-state index contributed by atoms with van der Waals surface area (Å²) in [6.45, 7) is 14.9. The summed E-state index contributed by atoms with van der Waals surface area (Å²) in [5, 5.41) is 6.39. The van der Waals surface area contributed by atoms with E-state index < -0.39 is 6.16 Å². The Morgan fingerprint density at radius 2 is 1.86 bits per heavy atom. The summed E-state index contributed by atoms with van der Waals surface area (Å²) in [7, 11) is 0. The van der Waals surface area contributed by atoms with Crippen LogP contribution in [0.15, 0.2) is 35.5 Å². The molecule has 0 bridgehead atoms. The molecule has 162 valence electrons. The second-order valence-electron chi connectivity index (χ2n) is 8.27. The average molecular weight is 405 g/mol. The van der Waals surface area contributed by atoms with Crippen LogP contribution in [0, 0.1) is 5.92 Å². The molecule has 1 aliphatic rings. The van der Waals surface area contributed by atoms with Crippen molar-refractivity contribution in [3.63, 3.8) is 0 Å². The third-order valence-corrected chi connectivity index (χ3v) is 6.46. The van der Waals surface area contributed by atoms with Gasteiger partial charge in [-0.3, -0.25) is 9.68 Å². The molecule has 1 heterocycles. The maximum Gasteiger partial charge on any atom is 0.535 e. The molecule has 0 radical (unpaired) electrons. The van der Waals surface area contributed by atoms with Gasteiger partial charge in [0.1, 0.15) is 6.10 Å². The summed E-state index contributed by atoms with van der Waals surface area (Å²) in [6.07, 6.45) is 1.55. The van der Waals surface area contributed by atoms with Gasteiger partial charge >= 0.3 is 6.16 Å². The highest BCUT2D eigenvalue weighted by molar-refractivity contribution is 5.89. The molecule has 0 aromatic heterocycles. The number of oxime groups is 1. The van der Waals surface area contributed by atoms with E-state index in [0.717, 1.165) is 24.1 Å². The van der Waals surface area contributed by atoms with E-state index in [4.69, 9.17) is 14.4 Å². The Labute approximate surface area is 175 Å².